The van der Waals surface area contributed by atoms with E-state index in [-0.39, 0.29) is 30.9 Å². The van der Waals surface area contributed by atoms with Gasteiger partial charge in [0.2, 0.25) is 11.8 Å². The van der Waals surface area contributed by atoms with E-state index in [0.717, 1.165) is 22.7 Å². The van der Waals surface area contributed by atoms with Crippen LogP contribution in [-0.2, 0) is 25.6 Å². The molecule has 0 aliphatic carbocycles. The molecule has 1 aliphatic heterocycles. The normalized spacial score (nSPS) is 15.8. The number of nitrogens with one attached hydrogen (secondary N) is 2. The lowest BCUT2D eigenvalue weighted by Gasteiger charge is -2.33. The first-order valence-electron chi connectivity index (χ1n) is 13.0. The van der Waals surface area contributed by atoms with Crippen LogP contribution in [0, 0.1) is 17.2 Å². The molecule has 0 spiro atoms. The molecular weight excluding hydrogens is 518 g/mol. The number of carbonyl (C=O) groups excluding carboxylic acids is 3. The van der Waals surface area contributed by atoms with Crippen LogP contribution in [0.25, 0.3) is 11.3 Å². The Morgan fingerprint density at radius 3 is 2.54 bits per heavy atom. The van der Waals surface area contributed by atoms with Crippen LogP contribution in [0.5, 0.6) is 0 Å². The lowest BCUT2D eigenvalue weighted by atomic mass is 9.97. The average molecular weight is 556 g/mol. The minimum atomic E-state index is -0.774. The maximum Gasteiger partial charge on any atom is 0.407 e. The molecule has 11 heteroatoms. The minimum absolute atomic E-state index is 0.106. The number of benzene rings is 1. The fourth-order valence-electron chi connectivity index (χ4n) is 3.96. The van der Waals surface area contributed by atoms with Gasteiger partial charge in [-0.2, -0.15) is 5.26 Å². The van der Waals surface area contributed by atoms with Gasteiger partial charge in [-0.3, -0.25) is 9.59 Å². The molecule has 0 radical (unpaired) electrons. The summed E-state index contributed by atoms with van der Waals surface area (Å²) >= 11 is 1.46. The molecular formula is C28H37N5O5S. The molecule has 1 aliphatic rings. The number of likely N-dealkylation sites (tertiary alicyclic amines) is 1. The van der Waals surface area contributed by atoms with E-state index in [0.29, 0.717) is 31.6 Å². The van der Waals surface area contributed by atoms with Gasteiger partial charge in [-0.15, -0.1) is 11.3 Å². The van der Waals surface area contributed by atoms with Crippen molar-refractivity contribution < 1.29 is 23.9 Å². The molecule has 3 rings (SSSR count). The standard InChI is InChI=1S/C28H37N5O5S/c1-27(2,3)38-26(36)31-18-28(4,5)37-16-24(34)33-12-6-7-21(15-33)25(35)30-14-23-32-22(17-39-23)20-10-8-19(13-29)9-11-20/h8-11,17,21H,6-7,12,14-16,18H2,1-5H3,(H,30,35)(H,31,36)/t21-/m0/s1. The van der Waals surface area contributed by atoms with Gasteiger partial charge in [0.05, 0.1) is 35.4 Å². The van der Waals surface area contributed by atoms with Gasteiger partial charge in [0.15, 0.2) is 0 Å². The molecule has 1 aromatic carbocycles. The smallest absolute Gasteiger partial charge is 0.407 e. The Hall–Kier alpha value is -3.49. The number of piperidine rings is 1. The maximum atomic E-state index is 12.9. The molecule has 0 saturated carbocycles. The quantitative estimate of drug-likeness (QED) is 0.480. The third-order valence-electron chi connectivity index (χ3n) is 6.06. The fourth-order valence-corrected chi connectivity index (χ4v) is 4.71. The van der Waals surface area contributed by atoms with Crippen molar-refractivity contribution in [3.05, 3.63) is 40.2 Å². The summed E-state index contributed by atoms with van der Waals surface area (Å²) in [6.07, 6.45) is 0.891. The molecule has 10 nitrogen and oxygen atoms in total. The van der Waals surface area contributed by atoms with Crippen molar-refractivity contribution in [3.8, 4) is 17.3 Å². The second kappa shape index (κ2) is 13.0. The zero-order valence-electron chi connectivity index (χ0n) is 23.2. The number of alkyl carbamates (subject to hydrolysis) is 1. The minimum Gasteiger partial charge on any atom is -0.444 e. The van der Waals surface area contributed by atoms with E-state index in [1.54, 1.807) is 51.7 Å². The molecule has 1 aromatic heterocycles. The van der Waals surface area contributed by atoms with Crippen LogP contribution in [-0.4, -0.2) is 65.2 Å². The van der Waals surface area contributed by atoms with Gasteiger partial charge >= 0.3 is 6.09 Å². The summed E-state index contributed by atoms with van der Waals surface area (Å²) in [6.45, 7) is 10.2. The lowest BCUT2D eigenvalue weighted by Crippen LogP contribution is -2.48. The number of ether oxygens (including phenoxy) is 2. The van der Waals surface area contributed by atoms with Gasteiger partial charge in [-0.25, -0.2) is 9.78 Å². The van der Waals surface area contributed by atoms with Gasteiger partial charge < -0.3 is 25.0 Å². The highest BCUT2D eigenvalue weighted by Crippen LogP contribution is 2.23. The number of hydrogen-bond acceptors (Lipinski definition) is 8. The third kappa shape index (κ3) is 9.64. The summed E-state index contributed by atoms with van der Waals surface area (Å²) in [5.41, 5.74) is 0.927. The second-order valence-electron chi connectivity index (χ2n) is 11.1. The number of amides is 3. The van der Waals surface area contributed by atoms with E-state index in [9.17, 15) is 14.4 Å². The first-order chi connectivity index (χ1) is 18.3. The number of carbonyl (C=O) groups is 3. The van der Waals surface area contributed by atoms with E-state index in [1.165, 1.54) is 11.3 Å². The van der Waals surface area contributed by atoms with Crippen LogP contribution in [0.15, 0.2) is 29.6 Å². The van der Waals surface area contributed by atoms with Crippen molar-refractivity contribution in [1.82, 2.24) is 20.5 Å². The highest BCUT2D eigenvalue weighted by Gasteiger charge is 2.30. The van der Waals surface area contributed by atoms with Gasteiger partial charge in [0.25, 0.3) is 0 Å². The van der Waals surface area contributed by atoms with Crippen molar-refractivity contribution in [2.45, 2.75) is 65.2 Å². The van der Waals surface area contributed by atoms with Crippen LogP contribution >= 0.6 is 11.3 Å². The molecule has 210 valence electrons. The van der Waals surface area contributed by atoms with Crippen LogP contribution in [0.3, 0.4) is 0 Å². The Labute approximate surface area is 233 Å². The van der Waals surface area contributed by atoms with Gasteiger partial charge in [-0.05, 0) is 59.6 Å². The number of nitrogens with zero attached hydrogens (tertiary/aromatic N) is 3. The molecule has 1 fully saturated rings. The average Bonchev–Trinajstić information content (AvgIpc) is 3.37. The second-order valence-corrected chi connectivity index (χ2v) is 12.1. The Morgan fingerprint density at radius 1 is 1.15 bits per heavy atom. The maximum absolute atomic E-state index is 12.9. The van der Waals surface area contributed by atoms with E-state index in [4.69, 9.17) is 14.7 Å². The molecule has 0 bridgehead atoms. The number of hydrogen-bond donors (Lipinski definition) is 2. The van der Waals surface area contributed by atoms with E-state index in [1.807, 2.05) is 17.5 Å². The number of aromatic nitrogens is 1. The number of rotatable bonds is 9. The molecule has 3 amide bonds. The Kier molecular flexibility index (Phi) is 10.1. The fraction of sp³-hybridized carbons (Fsp3) is 0.536. The Bertz CT molecular complexity index is 1200. The zero-order valence-corrected chi connectivity index (χ0v) is 24.0. The molecule has 1 atom stereocenters. The molecule has 2 aromatic rings. The van der Waals surface area contributed by atoms with Crippen LogP contribution in [0.4, 0.5) is 4.79 Å². The SMILES string of the molecule is CC(C)(C)OC(=O)NCC(C)(C)OCC(=O)N1CCC[C@H](C(=O)NCc2nc(-c3ccc(C#N)cc3)cs2)C1. The molecule has 1 saturated heterocycles. The highest BCUT2D eigenvalue weighted by molar-refractivity contribution is 7.09. The third-order valence-corrected chi connectivity index (χ3v) is 6.91. The summed E-state index contributed by atoms with van der Waals surface area (Å²) in [7, 11) is 0. The highest BCUT2D eigenvalue weighted by atomic mass is 32.1. The summed E-state index contributed by atoms with van der Waals surface area (Å²) < 4.78 is 11.0. The predicted octanol–water partition coefficient (Wildman–Crippen LogP) is 3.86. The van der Waals surface area contributed by atoms with Crippen LogP contribution < -0.4 is 10.6 Å². The summed E-state index contributed by atoms with van der Waals surface area (Å²) in [5.74, 6) is -0.599. The monoisotopic (exact) mass is 555 g/mol. The molecule has 2 heterocycles. The summed E-state index contributed by atoms with van der Waals surface area (Å²) in [4.78, 5) is 43.9. The van der Waals surface area contributed by atoms with Crippen molar-refractivity contribution in [2.75, 3.05) is 26.2 Å². The molecule has 0 unspecified atom stereocenters. The van der Waals surface area contributed by atoms with Crippen molar-refractivity contribution in [3.63, 3.8) is 0 Å². The van der Waals surface area contributed by atoms with Crippen molar-refractivity contribution in [2.24, 2.45) is 5.92 Å². The van der Waals surface area contributed by atoms with Crippen LogP contribution in [0.2, 0.25) is 0 Å². The summed E-state index contributed by atoms with van der Waals surface area (Å²) in [6, 6.07) is 9.30. The van der Waals surface area contributed by atoms with Crippen molar-refractivity contribution in [1.29, 1.82) is 5.26 Å². The first kappa shape index (κ1) is 30.1. The van der Waals surface area contributed by atoms with Gasteiger partial charge in [0.1, 0.15) is 17.2 Å². The summed E-state index contributed by atoms with van der Waals surface area (Å²) in [5, 5.41) is 17.3. The van der Waals surface area contributed by atoms with Gasteiger partial charge in [0, 0.05) is 30.6 Å². The Balaban J connectivity index is 1.43. The van der Waals surface area contributed by atoms with E-state index >= 15 is 0 Å². The molecule has 2 N–H and O–H groups in total. The van der Waals surface area contributed by atoms with E-state index in [2.05, 4.69) is 21.7 Å². The first-order valence-corrected chi connectivity index (χ1v) is 13.8. The topological polar surface area (TPSA) is 134 Å². The predicted molar refractivity (Wildman–Crippen MR) is 148 cm³/mol. The van der Waals surface area contributed by atoms with Crippen LogP contribution in [0.1, 0.15) is 58.0 Å². The van der Waals surface area contributed by atoms with Gasteiger partial charge in [-0.1, -0.05) is 12.1 Å². The number of thiazole rings is 1. The Morgan fingerprint density at radius 2 is 1.87 bits per heavy atom. The molecule has 39 heavy (non-hydrogen) atoms. The zero-order chi connectivity index (χ0) is 28.6. The lowest BCUT2D eigenvalue weighted by molar-refractivity contribution is -0.144. The van der Waals surface area contributed by atoms with E-state index < -0.39 is 17.3 Å². The number of nitriles is 1. The van der Waals surface area contributed by atoms with Crippen molar-refractivity contribution >= 4 is 29.2 Å². The largest absolute Gasteiger partial charge is 0.444 e.